The molecular weight excluding hydrogens is 699 g/mol. The number of furan rings is 1. The largest absolute Gasteiger partial charge is 0.487 e. The Morgan fingerprint density at radius 1 is 1.10 bits per heavy atom. The van der Waals surface area contributed by atoms with Gasteiger partial charge in [-0.2, -0.15) is 0 Å². The molecule has 2 heterocycles. The third kappa shape index (κ3) is 10.5. The highest BCUT2D eigenvalue weighted by Gasteiger charge is 2.21. The number of aryl methyl sites for hydroxylation is 1. The number of aromatic nitrogens is 2. The number of anilines is 2. The van der Waals surface area contributed by atoms with Crippen LogP contribution < -0.4 is 10.1 Å². The lowest BCUT2D eigenvalue weighted by Crippen LogP contribution is -2.33. The van der Waals surface area contributed by atoms with Gasteiger partial charge < -0.3 is 33.9 Å². The number of hydrogen-bond donors (Lipinski definition) is 4. The Kier molecular flexibility index (Phi) is 11.0. The van der Waals surface area contributed by atoms with Crippen LogP contribution in [0.5, 0.6) is 5.75 Å². The first-order chi connectivity index (χ1) is 24.2. The van der Waals surface area contributed by atoms with Crippen molar-refractivity contribution in [2.45, 2.75) is 26.5 Å². The summed E-state index contributed by atoms with van der Waals surface area (Å²) in [5, 5.41) is 4.28. The molecule has 17 heteroatoms. The highest BCUT2D eigenvalue weighted by atomic mass is 35.5. The maximum atomic E-state index is 12.8. The fourth-order valence-corrected chi connectivity index (χ4v) is 5.27. The van der Waals surface area contributed by atoms with Gasteiger partial charge >= 0.3 is 13.9 Å². The van der Waals surface area contributed by atoms with E-state index in [-0.39, 0.29) is 5.76 Å². The van der Waals surface area contributed by atoms with Gasteiger partial charge in [0.25, 0.3) is 0 Å². The number of ether oxygens (including phenoxy) is 2. The van der Waals surface area contributed by atoms with Gasteiger partial charge in [-0.15, -0.1) is 0 Å². The van der Waals surface area contributed by atoms with Crippen molar-refractivity contribution in [1.29, 1.82) is 0 Å². The Hall–Kier alpha value is -4.50. The number of fused-ring (bicyclic) bond motifs is 1. The van der Waals surface area contributed by atoms with Crippen LogP contribution in [0.2, 0.25) is 5.02 Å². The second kappa shape index (κ2) is 16.3. The van der Waals surface area contributed by atoms with Crippen molar-refractivity contribution in [3.05, 3.63) is 101 Å². The van der Waals surface area contributed by atoms with Crippen molar-refractivity contribution in [2.75, 3.05) is 24.4 Å². The van der Waals surface area contributed by atoms with Gasteiger partial charge in [-0.05, 0) is 67.4 Å². The third-order valence-corrected chi connectivity index (χ3v) is 8.11. The first kappa shape index (κ1) is 33.0. The van der Waals surface area contributed by atoms with Gasteiger partial charge in [0.15, 0.2) is 0 Å². The lowest BCUT2D eigenvalue weighted by atomic mass is 10.1. The Labute approximate surface area is 290 Å². The van der Waals surface area contributed by atoms with Crippen molar-refractivity contribution < 1.29 is 48.7 Å². The average molecular weight is 733 g/mol. The van der Waals surface area contributed by atoms with Crippen molar-refractivity contribution in [3.63, 3.8) is 0 Å². The normalized spacial score (nSPS) is 12.4. The number of carbonyl (C=O) groups is 1. The molecule has 0 atom stereocenters. The molecule has 2 aromatic heterocycles. The smallest absolute Gasteiger partial charge is 0.472 e. The van der Waals surface area contributed by atoms with E-state index < -0.39 is 56.6 Å². The predicted octanol–water partition coefficient (Wildman–Crippen LogP) is 6.18. The highest BCUT2D eigenvalue weighted by Crippen LogP contribution is 2.36. The van der Waals surface area contributed by atoms with Gasteiger partial charge in [-0.25, -0.2) is 32.3 Å². The second-order valence-corrected chi connectivity index (χ2v) is 13.2. The first-order valence-electron chi connectivity index (χ1n) is 15.5. The Morgan fingerprint density at radius 2 is 1.94 bits per heavy atom. The monoisotopic (exact) mass is 732 g/mol. The van der Waals surface area contributed by atoms with Crippen LogP contribution in [0.25, 0.3) is 22.2 Å². The maximum absolute atomic E-state index is 12.8. The Balaban J connectivity index is 1.33. The van der Waals surface area contributed by atoms with Crippen LogP contribution >= 0.6 is 19.4 Å². The van der Waals surface area contributed by atoms with Gasteiger partial charge in [0.05, 0.1) is 17.1 Å². The maximum Gasteiger partial charge on any atom is 0.472 e. The molecule has 0 spiro atoms. The molecule has 3 N–H and O–H groups in total. The van der Waals surface area contributed by atoms with E-state index in [4.69, 9.17) is 38.0 Å². The fourth-order valence-electron chi connectivity index (χ4n) is 4.56. The molecule has 258 valence electrons. The SMILES string of the molecule is [2H]C([2H])(CC[SH](=O)=O)N(Cc1ccc(-c2ccc3ncnc(Nc4ccc(OCc5cccc(C)c5)c(Cl)c4)c3c2)o1)C(=O)OCOP(=O)(O)O. The summed E-state index contributed by atoms with van der Waals surface area (Å²) in [7, 11) is -7.95. The number of phosphoric ester groups is 1. The molecule has 0 fully saturated rings. The van der Waals surface area contributed by atoms with Crippen LogP contribution in [0.15, 0.2) is 83.5 Å². The number of halogens is 1. The summed E-state index contributed by atoms with van der Waals surface area (Å²) in [4.78, 5) is 39.8. The molecule has 1 amide bonds. The minimum Gasteiger partial charge on any atom is -0.487 e. The Morgan fingerprint density at radius 3 is 2.69 bits per heavy atom. The van der Waals surface area contributed by atoms with Gasteiger partial charge in [0, 0.05) is 31.6 Å². The molecule has 5 aromatic rings. The summed E-state index contributed by atoms with van der Waals surface area (Å²) >= 11 is 6.55. The lowest BCUT2D eigenvalue weighted by Gasteiger charge is -2.20. The number of hydrogen-bond acceptors (Lipinski definition) is 11. The summed E-state index contributed by atoms with van der Waals surface area (Å²) in [5.41, 5.74) is 3.98. The zero-order chi connectivity index (χ0) is 36.8. The molecule has 0 saturated heterocycles. The molecule has 49 heavy (non-hydrogen) atoms. The molecule has 14 nitrogen and oxygen atoms in total. The van der Waals surface area contributed by atoms with Gasteiger partial charge in [-0.1, -0.05) is 41.4 Å². The third-order valence-electron chi connectivity index (χ3n) is 6.79. The van der Waals surface area contributed by atoms with Crippen LogP contribution in [0, 0.1) is 6.92 Å². The Bertz CT molecular complexity index is 2160. The first-order valence-corrected chi connectivity index (χ1v) is 17.8. The number of rotatable bonds is 15. The van der Waals surface area contributed by atoms with E-state index in [0.717, 1.165) is 11.1 Å². The number of carbonyl (C=O) groups excluding carboxylic acids is 1. The fraction of sp³-hybridized carbons (Fsp3) is 0.219. The second-order valence-electron chi connectivity index (χ2n) is 10.5. The van der Waals surface area contributed by atoms with Crippen molar-refractivity contribution in [1.82, 2.24) is 14.9 Å². The van der Waals surface area contributed by atoms with Gasteiger partial charge in [0.2, 0.25) is 6.79 Å². The van der Waals surface area contributed by atoms with Crippen LogP contribution in [-0.2, 0) is 37.7 Å². The number of nitrogens with zero attached hydrogens (tertiary/aromatic N) is 3. The van der Waals surface area contributed by atoms with E-state index in [1.165, 1.54) is 12.4 Å². The standard InChI is InChI=1S/C32H32ClN4O10PS/c1-21-4-2-5-22(14-21)18-44-30-10-7-24(16-27(30)33)36-31-26-15-23(6-9-28(26)34-19-35-31)29-11-8-25(47-29)17-37(12-3-13-49(42)43)32(38)45-20-46-48(39,40)41/h2,4-11,14-16,19,49H,3,12-13,17-18,20H2,1H3,(H,34,35,36)(H2,39,40,41)/i12D2. The summed E-state index contributed by atoms with van der Waals surface area (Å²) < 4.78 is 70.6. The van der Waals surface area contributed by atoms with E-state index in [1.807, 2.05) is 31.2 Å². The molecule has 0 bridgehead atoms. The zero-order valence-electron chi connectivity index (χ0n) is 27.8. The van der Waals surface area contributed by atoms with E-state index in [9.17, 15) is 17.8 Å². The molecule has 5 rings (SSSR count). The van der Waals surface area contributed by atoms with E-state index in [2.05, 4.69) is 19.8 Å². The van der Waals surface area contributed by atoms with E-state index >= 15 is 0 Å². The summed E-state index contributed by atoms with van der Waals surface area (Å²) in [6.45, 7) is -1.89. The number of phosphoric acid groups is 1. The number of benzene rings is 3. The van der Waals surface area contributed by atoms with E-state index in [0.29, 0.717) is 56.0 Å². The lowest BCUT2D eigenvalue weighted by molar-refractivity contribution is 0.0182. The van der Waals surface area contributed by atoms with Crippen molar-refractivity contribution in [2.24, 2.45) is 0 Å². The summed E-state index contributed by atoms with van der Waals surface area (Å²) in [6.07, 6.45) is -0.564. The molecular formula is C32H32ClN4O10PS. The number of amides is 1. The zero-order valence-corrected chi connectivity index (χ0v) is 28.4. The van der Waals surface area contributed by atoms with Crippen LogP contribution in [0.4, 0.5) is 16.3 Å². The molecule has 0 saturated carbocycles. The van der Waals surface area contributed by atoms with Crippen LogP contribution in [0.3, 0.4) is 0 Å². The minimum atomic E-state index is -4.99. The minimum absolute atomic E-state index is 0.0929. The number of nitrogens with one attached hydrogen (secondary N) is 1. The van der Waals surface area contributed by atoms with Gasteiger partial charge in [0.1, 0.15) is 46.7 Å². The molecule has 0 unspecified atom stereocenters. The molecule has 0 radical (unpaired) electrons. The van der Waals surface area contributed by atoms with Crippen LogP contribution in [-0.4, -0.2) is 58.2 Å². The van der Waals surface area contributed by atoms with Crippen LogP contribution in [0.1, 0.15) is 26.0 Å². The topological polar surface area (TPSA) is 191 Å². The highest BCUT2D eigenvalue weighted by molar-refractivity contribution is 7.72. The van der Waals surface area contributed by atoms with Gasteiger partial charge in [-0.3, -0.25) is 0 Å². The predicted molar refractivity (Wildman–Crippen MR) is 182 cm³/mol. The molecule has 3 aromatic carbocycles. The quantitative estimate of drug-likeness (QED) is 0.0543. The molecule has 0 aliphatic rings. The van der Waals surface area contributed by atoms with E-state index in [1.54, 1.807) is 42.5 Å². The molecule has 0 aliphatic carbocycles. The van der Waals surface area contributed by atoms with Crippen molar-refractivity contribution >= 4 is 58.6 Å². The summed E-state index contributed by atoms with van der Waals surface area (Å²) in [5.74, 6) is 0.829. The average Bonchev–Trinajstić information content (AvgIpc) is 3.54. The van der Waals surface area contributed by atoms with Crippen molar-refractivity contribution in [3.8, 4) is 17.1 Å². The number of thiol groups is 1. The molecule has 0 aliphatic heterocycles. The summed E-state index contributed by atoms with van der Waals surface area (Å²) in [6, 6.07) is 21.6.